The summed E-state index contributed by atoms with van der Waals surface area (Å²) in [6.45, 7) is 2.59. The number of fused-ring (bicyclic) bond motifs is 1. The molecule has 0 aliphatic carbocycles. The Labute approximate surface area is 145 Å². The van der Waals surface area contributed by atoms with Gasteiger partial charge in [0.2, 0.25) is 0 Å². The molecule has 0 atom stereocenters. The van der Waals surface area contributed by atoms with Crippen molar-refractivity contribution in [3.05, 3.63) is 47.6 Å². The number of anilines is 1. The fourth-order valence-corrected chi connectivity index (χ4v) is 4.04. The lowest BCUT2D eigenvalue weighted by molar-refractivity contribution is 0.101. The van der Waals surface area contributed by atoms with E-state index >= 15 is 0 Å². The number of hydrogen-bond acceptors (Lipinski definition) is 6. The second kappa shape index (κ2) is 6.14. The van der Waals surface area contributed by atoms with Crippen LogP contribution in [0, 0.1) is 0 Å². The minimum atomic E-state index is -0.209. The molecule has 1 aromatic carbocycles. The summed E-state index contributed by atoms with van der Waals surface area (Å²) < 4.78 is 2.77. The van der Waals surface area contributed by atoms with Gasteiger partial charge in [0.15, 0.2) is 5.13 Å². The molecule has 0 radical (unpaired) electrons. The van der Waals surface area contributed by atoms with E-state index < -0.39 is 0 Å². The molecule has 8 heteroatoms. The summed E-state index contributed by atoms with van der Waals surface area (Å²) in [5.41, 5.74) is 2.26. The molecule has 0 unspecified atom stereocenters. The molecule has 3 heterocycles. The summed E-state index contributed by atoms with van der Waals surface area (Å²) in [6, 6.07) is 9.68. The van der Waals surface area contributed by atoms with Crippen molar-refractivity contribution in [2.24, 2.45) is 0 Å². The fourth-order valence-electron chi connectivity index (χ4n) is 2.35. The van der Waals surface area contributed by atoms with Crippen LogP contribution < -0.4 is 5.32 Å². The molecule has 0 saturated heterocycles. The topological polar surface area (TPSA) is 72.7 Å². The molecule has 0 spiro atoms. The van der Waals surface area contributed by atoms with Crippen LogP contribution in [0.15, 0.2) is 41.9 Å². The first-order valence-corrected chi connectivity index (χ1v) is 9.09. The first-order valence-electron chi connectivity index (χ1n) is 7.39. The zero-order valence-corrected chi connectivity index (χ0v) is 14.4. The second-order valence-electron chi connectivity index (χ2n) is 5.01. The smallest absolute Gasteiger partial charge is 0.275 e. The Morgan fingerprint density at radius 3 is 2.96 bits per heavy atom. The largest absolute Gasteiger partial charge is 0.296 e. The predicted molar refractivity (Wildman–Crippen MR) is 96.6 cm³/mol. The van der Waals surface area contributed by atoms with Gasteiger partial charge in [-0.05, 0) is 25.1 Å². The number of benzene rings is 1. The summed E-state index contributed by atoms with van der Waals surface area (Å²) in [4.78, 5) is 21.4. The quantitative estimate of drug-likeness (QED) is 0.603. The van der Waals surface area contributed by atoms with Gasteiger partial charge < -0.3 is 0 Å². The standard InChI is InChI=1S/C16H13N5OS2/c1-2-21-12(7-8-17-21)14(22)20-16-19-11(9-23-16)15-18-10-5-3-4-6-13(10)24-15/h3-9H,2H2,1H3,(H,19,20,22). The summed E-state index contributed by atoms with van der Waals surface area (Å²) in [5, 5.41) is 10.2. The molecule has 6 nitrogen and oxygen atoms in total. The predicted octanol–water partition coefficient (Wildman–Crippen LogP) is 3.89. The highest BCUT2D eigenvalue weighted by molar-refractivity contribution is 7.22. The fraction of sp³-hybridized carbons (Fsp3) is 0.125. The van der Waals surface area contributed by atoms with Crippen molar-refractivity contribution in [1.82, 2.24) is 19.7 Å². The molecular weight excluding hydrogens is 342 g/mol. The summed E-state index contributed by atoms with van der Waals surface area (Å²) in [6.07, 6.45) is 1.62. The SMILES string of the molecule is CCn1nccc1C(=O)Nc1nc(-c2nc3ccccc3s2)cs1. The Morgan fingerprint density at radius 2 is 2.12 bits per heavy atom. The number of nitrogens with one attached hydrogen (secondary N) is 1. The third-order valence-electron chi connectivity index (χ3n) is 3.49. The zero-order chi connectivity index (χ0) is 16.5. The number of aryl methyl sites for hydroxylation is 1. The van der Waals surface area contributed by atoms with Gasteiger partial charge in [0.05, 0.1) is 10.2 Å². The van der Waals surface area contributed by atoms with E-state index in [2.05, 4.69) is 20.4 Å². The molecule has 1 N–H and O–H groups in total. The number of amides is 1. The minimum Gasteiger partial charge on any atom is -0.296 e. The van der Waals surface area contributed by atoms with Crippen molar-refractivity contribution < 1.29 is 4.79 Å². The second-order valence-corrected chi connectivity index (χ2v) is 6.90. The van der Waals surface area contributed by atoms with Crippen molar-refractivity contribution in [1.29, 1.82) is 0 Å². The van der Waals surface area contributed by atoms with E-state index in [1.807, 2.05) is 36.6 Å². The van der Waals surface area contributed by atoms with Gasteiger partial charge in [-0.2, -0.15) is 5.10 Å². The lowest BCUT2D eigenvalue weighted by atomic mass is 10.3. The Kier molecular flexibility index (Phi) is 3.83. The van der Waals surface area contributed by atoms with Crippen molar-refractivity contribution in [2.75, 3.05) is 5.32 Å². The molecule has 0 aliphatic rings. The number of hydrogen-bond donors (Lipinski definition) is 1. The third kappa shape index (κ3) is 2.70. The van der Waals surface area contributed by atoms with Crippen LogP contribution in [0.4, 0.5) is 5.13 Å². The summed E-state index contributed by atoms with van der Waals surface area (Å²) in [7, 11) is 0. The van der Waals surface area contributed by atoms with Gasteiger partial charge in [-0.15, -0.1) is 22.7 Å². The van der Waals surface area contributed by atoms with Crippen molar-refractivity contribution in [3.63, 3.8) is 0 Å². The van der Waals surface area contributed by atoms with Crippen LogP contribution in [0.1, 0.15) is 17.4 Å². The van der Waals surface area contributed by atoms with E-state index in [0.717, 1.165) is 20.9 Å². The van der Waals surface area contributed by atoms with E-state index in [1.54, 1.807) is 28.3 Å². The van der Waals surface area contributed by atoms with Crippen LogP contribution in [-0.4, -0.2) is 25.7 Å². The van der Waals surface area contributed by atoms with Crippen molar-refractivity contribution in [2.45, 2.75) is 13.5 Å². The van der Waals surface area contributed by atoms with Crippen LogP contribution in [-0.2, 0) is 6.54 Å². The van der Waals surface area contributed by atoms with Gasteiger partial charge >= 0.3 is 0 Å². The third-order valence-corrected chi connectivity index (χ3v) is 5.30. The van der Waals surface area contributed by atoms with Crippen LogP contribution in [0.25, 0.3) is 20.9 Å². The normalized spacial score (nSPS) is 11.0. The Morgan fingerprint density at radius 1 is 1.25 bits per heavy atom. The Balaban J connectivity index is 1.57. The van der Waals surface area contributed by atoms with E-state index in [1.165, 1.54) is 11.3 Å². The Bertz CT molecular complexity index is 983. The van der Waals surface area contributed by atoms with E-state index in [0.29, 0.717) is 17.4 Å². The van der Waals surface area contributed by atoms with Crippen LogP contribution in [0.5, 0.6) is 0 Å². The number of aromatic nitrogens is 4. The maximum atomic E-state index is 12.3. The van der Waals surface area contributed by atoms with E-state index in [-0.39, 0.29) is 5.91 Å². The highest BCUT2D eigenvalue weighted by Gasteiger charge is 2.15. The van der Waals surface area contributed by atoms with Gasteiger partial charge in [0, 0.05) is 18.1 Å². The number of carbonyl (C=O) groups is 1. The monoisotopic (exact) mass is 355 g/mol. The Hall–Kier alpha value is -2.58. The zero-order valence-electron chi connectivity index (χ0n) is 12.8. The number of rotatable bonds is 4. The van der Waals surface area contributed by atoms with Gasteiger partial charge in [0.1, 0.15) is 16.4 Å². The molecule has 4 aromatic rings. The average molecular weight is 355 g/mol. The number of thiazole rings is 2. The molecule has 3 aromatic heterocycles. The van der Waals surface area contributed by atoms with Gasteiger partial charge in [-0.25, -0.2) is 9.97 Å². The molecule has 0 saturated carbocycles. The average Bonchev–Trinajstić information content (AvgIpc) is 3.32. The first-order chi connectivity index (χ1) is 11.7. The molecule has 24 heavy (non-hydrogen) atoms. The number of para-hydroxylation sites is 1. The first kappa shape index (κ1) is 15.0. The molecule has 0 fully saturated rings. The van der Waals surface area contributed by atoms with Gasteiger partial charge in [-0.1, -0.05) is 12.1 Å². The summed E-state index contributed by atoms with van der Waals surface area (Å²) >= 11 is 2.98. The minimum absolute atomic E-state index is 0.209. The van der Waals surface area contributed by atoms with Crippen LogP contribution in [0.3, 0.4) is 0 Å². The molecule has 0 aliphatic heterocycles. The van der Waals surface area contributed by atoms with Crippen LogP contribution in [0.2, 0.25) is 0 Å². The van der Waals surface area contributed by atoms with Crippen molar-refractivity contribution >= 4 is 43.9 Å². The molecule has 1 amide bonds. The molecular formula is C16H13N5OS2. The highest BCUT2D eigenvalue weighted by Crippen LogP contribution is 2.31. The lowest BCUT2D eigenvalue weighted by Gasteiger charge is -2.03. The maximum absolute atomic E-state index is 12.3. The van der Waals surface area contributed by atoms with E-state index in [4.69, 9.17) is 0 Å². The molecule has 4 rings (SSSR count). The van der Waals surface area contributed by atoms with Gasteiger partial charge in [-0.3, -0.25) is 14.8 Å². The lowest BCUT2D eigenvalue weighted by Crippen LogP contribution is -2.17. The molecule has 120 valence electrons. The van der Waals surface area contributed by atoms with Gasteiger partial charge in [0.25, 0.3) is 5.91 Å². The maximum Gasteiger partial charge on any atom is 0.275 e. The number of carbonyl (C=O) groups excluding carboxylic acids is 1. The summed E-state index contributed by atoms with van der Waals surface area (Å²) in [5.74, 6) is -0.209. The van der Waals surface area contributed by atoms with Crippen LogP contribution >= 0.6 is 22.7 Å². The number of nitrogens with zero attached hydrogens (tertiary/aromatic N) is 4. The van der Waals surface area contributed by atoms with E-state index in [9.17, 15) is 4.79 Å². The van der Waals surface area contributed by atoms with Crippen molar-refractivity contribution in [3.8, 4) is 10.7 Å². The highest BCUT2D eigenvalue weighted by atomic mass is 32.1. The molecule has 0 bridgehead atoms.